The van der Waals surface area contributed by atoms with Gasteiger partial charge in [0.25, 0.3) is 0 Å². The van der Waals surface area contributed by atoms with Crippen molar-refractivity contribution in [2.75, 3.05) is 24.2 Å². The third-order valence-electron chi connectivity index (χ3n) is 2.75. The van der Waals surface area contributed by atoms with Crippen molar-refractivity contribution in [2.24, 2.45) is 5.92 Å². The summed E-state index contributed by atoms with van der Waals surface area (Å²) < 4.78 is 0. The largest absolute Gasteiger partial charge is 0.373 e. The van der Waals surface area contributed by atoms with Gasteiger partial charge in [0.05, 0.1) is 0 Å². The molecule has 0 amide bonds. The molecule has 0 saturated heterocycles. The highest BCUT2D eigenvalue weighted by molar-refractivity contribution is 5.56. The molecule has 0 bridgehead atoms. The number of hydrogen-bond donors (Lipinski definition) is 2. The topological polar surface area (TPSA) is 49.8 Å². The van der Waals surface area contributed by atoms with E-state index >= 15 is 0 Å². The smallest absolute Gasteiger partial charge is 0.134 e. The Labute approximate surface area is 104 Å². The summed E-state index contributed by atoms with van der Waals surface area (Å²) >= 11 is 0. The van der Waals surface area contributed by atoms with Crippen molar-refractivity contribution in [1.82, 2.24) is 9.97 Å². The molecule has 0 aliphatic carbocycles. The van der Waals surface area contributed by atoms with E-state index in [0.717, 1.165) is 35.5 Å². The molecule has 0 unspecified atom stereocenters. The Morgan fingerprint density at radius 2 is 1.76 bits per heavy atom. The third-order valence-corrected chi connectivity index (χ3v) is 2.75. The van der Waals surface area contributed by atoms with Gasteiger partial charge < -0.3 is 10.6 Å². The normalized spacial score (nSPS) is 10.7. The van der Waals surface area contributed by atoms with Crippen LogP contribution in [-0.2, 0) is 0 Å². The van der Waals surface area contributed by atoms with Crippen molar-refractivity contribution in [3.8, 4) is 0 Å². The predicted molar refractivity (Wildman–Crippen MR) is 73.6 cm³/mol. The van der Waals surface area contributed by atoms with Gasteiger partial charge in [0.2, 0.25) is 0 Å². The minimum Gasteiger partial charge on any atom is -0.373 e. The Balaban J connectivity index is 2.61. The van der Waals surface area contributed by atoms with Gasteiger partial charge in [0, 0.05) is 19.2 Å². The van der Waals surface area contributed by atoms with Crippen LogP contribution in [0, 0.1) is 19.8 Å². The van der Waals surface area contributed by atoms with Crippen molar-refractivity contribution in [1.29, 1.82) is 0 Å². The molecule has 0 spiro atoms. The second-order valence-electron chi connectivity index (χ2n) is 4.81. The fourth-order valence-corrected chi connectivity index (χ4v) is 1.76. The molecular weight excluding hydrogens is 212 g/mol. The summed E-state index contributed by atoms with van der Waals surface area (Å²) in [6, 6.07) is 0. The molecule has 0 radical (unpaired) electrons. The molecule has 0 aliphatic heterocycles. The fourth-order valence-electron chi connectivity index (χ4n) is 1.76. The maximum Gasteiger partial charge on any atom is 0.134 e. The minimum absolute atomic E-state index is 0.762. The Kier molecular flexibility index (Phi) is 5.19. The molecule has 2 N–H and O–H groups in total. The van der Waals surface area contributed by atoms with Gasteiger partial charge in [-0.3, -0.25) is 0 Å². The maximum absolute atomic E-state index is 4.44. The molecule has 0 fully saturated rings. The lowest BCUT2D eigenvalue weighted by molar-refractivity contribution is 0.566. The number of anilines is 2. The second-order valence-corrected chi connectivity index (χ2v) is 4.81. The van der Waals surface area contributed by atoms with Gasteiger partial charge in [-0.1, -0.05) is 13.8 Å². The summed E-state index contributed by atoms with van der Waals surface area (Å²) in [5.41, 5.74) is 1.09. The van der Waals surface area contributed by atoms with Crippen LogP contribution in [0.1, 0.15) is 38.1 Å². The molecule has 4 heteroatoms. The highest BCUT2D eigenvalue weighted by Gasteiger charge is 2.07. The van der Waals surface area contributed by atoms with Gasteiger partial charge in [0.1, 0.15) is 17.5 Å². The van der Waals surface area contributed by atoms with Crippen molar-refractivity contribution in [2.45, 2.75) is 40.5 Å². The number of nitrogens with one attached hydrogen (secondary N) is 2. The van der Waals surface area contributed by atoms with E-state index in [1.165, 1.54) is 12.8 Å². The van der Waals surface area contributed by atoms with Crippen LogP contribution < -0.4 is 10.6 Å². The summed E-state index contributed by atoms with van der Waals surface area (Å²) in [5, 5.41) is 6.49. The van der Waals surface area contributed by atoms with Gasteiger partial charge in [-0.15, -0.1) is 0 Å². The first-order chi connectivity index (χ1) is 8.04. The lowest BCUT2D eigenvalue weighted by Crippen LogP contribution is -2.10. The standard InChI is InChI=1S/C13H24N4/c1-9(2)7-6-8-15-13-10(3)12(14-5)16-11(4)17-13/h9H,6-8H2,1-5H3,(H2,14,15,16,17). The molecule has 1 heterocycles. The average molecular weight is 236 g/mol. The molecule has 96 valence electrons. The van der Waals surface area contributed by atoms with Gasteiger partial charge in [-0.05, 0) is 32.6 Å². The Bertz CT molecular complexity index is 361. The van der Waals surface area contributed by atoms with Crippen LogP contribution in [0.4, 0.5) is 11.6 Å². The number of aryl methyl sites for hydroxylation is 1. The number of aromatic nitrogens is 2. The summed E-state index contributed by atoms with van der Waals surface area (Å²) in [7, 11) is 1.89. The minimum atomic E-state index is 0.762. The molecule has 1 rings (SSSR count). The molecule has 0 aliphatic rings. The van der Waals surface area contributed by atoms with Gasteiger partial charge >= 0.3 is 0 Å². The lowest BCUT2D eigenvalue weighted by atomic mass is 10.1. The van der Waals surface area contributed by atoms with E-state index in [1.54, 1.807) is 0 Å². The maximum atomic E-state index is 4.44. The van der Waals surface area contributed by atoms with Crippen LogP contribution in [0.25, 0.3) is 0 Å². The van der Waals surface area contributed by atoms with E-state index in [4.69, 9.17) is 0 Å². The van der Waals surface area contributed by atoms with Crippen LogP contribution in [0.3, 0.4) is 0 Å². The van der Waals surface area contributed by atoms with Gasteiger partial charge in [0.15, 0.2) is 0 Å². The first-order valence-electron chi connectivity index (χ1n) is 6.31. The monoisotopic (exact) mass is 236 g/mol. The van der Waals surface area contributed by atoms with Gasteiger partial charge in [-0.2, -0.15) is 0 Å². The molecule has 4 nitrogen and oxygen atoms in total. The van der Waals surface area contributed by atoms with Crippen molar-refractivity contribution in [3.05, 3.63) is 11.4 Å². The Morgan fingerprint density at radius 3 is 2.35 bits per heavy atom. The van der Waals surface area contributed by atoms with Crippen molar-refractivity contribution in [3.63, 3.8) is 0 Å². The summed E-state index contributed by atoms with van der Waals surface area (Å²) in [6.07, 6.45) is 2.42. The van der Waals surface area contributed by atoms with Crippen LogP contribution >= 0.6 is 0 Å². The highest BCUT2D eigenvalue weighted by Crippen LogP contribution is 2.19. The van der Waals surface area contributed by atoms with Crippen LogP contribution in [-0.4, -0.2) is 23.6 Å². The first-order valence-corrected chi connectivity index (χ1v) is 6.31. The zero-order chi connectivity index (χ0) is 12.8. The van der Waals surface area contributed by atoms with E-state index in [-0.39, 0.29) is 0 Å². The third kappa shape index (κ3) is 4.21. The molecular formula is C13H24N4. The molecule has 1 aromatic heterocycles. The fraction of sp³-hybridized carbons (Fsp3) is 0.692. The zero-order valence-corrected chi connectivity index (χ0v) is 11.6. The van der Waals surface area contributed by atoms with Crippen LogP contribution in [0.2, 0.25) is 0 Å². The van der Waals surface area contributed by atoms with Crippen molar-refractivity contribution >= 4 is 11.6 Å². The predicted octanol–water partition coefficient (Wildman–Crippen LogP) is 2.98. The Morgan fingerprint density at radius 1 is 1.12 bits per heavy atom. The number of nitrogens with zero attached hydrogens (tertiary/aromatic N) is 2. The summed E-state index contributed by atoms with van der Waals surface area (Å²) in [4.78, 5) is 8.78. The quantitative estimate of drug-likeness (QED) is 0.746. The summed E-state index contributed by atoms with van der Waals surface area (Å²) in [5.74, 6) is 3.42. The van der Waals surface area contributed by atoms with Gasteiger partial charge in [-0.25, -0.2) is 9.97 Å². The molecule has 0 atom stereocenters. The van der Waals surface area contributed by atoms with E-state index in [2.05, 4.69) is 34.4 Å². The molecule has 17 heavy (non-hydrogen) atoms. The zero-order valence-electron chi connectivity index (χ0n) is 11.6. The van der Waals surface area contributed by atoms with E-state index in [9.17, 15) is 0 Å². The number of rotatable bonds is 6. The van der Waals surface area contributed by atoms with Crippen LogP contribution in [0.15, 0.2) is 0 Å². The van der Waals surface area contributed by atoms with Crippen molar-refractivity contribution < 1.29 is 0 Å². The lowest BCUT2D eigenvalue weighted by Gasteiger charge is -2.13. The molecule has 0 aromatic carbocycles. The van der Waals surface area contributed by atoms with Crippen LogP contribution in [0.5, 0.6) is 0 Å². The summed E-state index contributed by atoms with van der Waals surface area (Å²) in [6.45, 7) is 9.42. The van der Waals surface area contributed by atoms with E-state index in [1.807, 2.05) is 20.9 Å². The second kappa shape index (κ2) is 6.42. The van der Waals surface area contributed by atoms with E-state index < -0.39 is 0 Å². The SMILES string of the molecule is CNc1nc(C)nc(NCCCC(C)C)c1C. The highest BCUT2D eigenvalue weighted by atomic mass is 15.1. The average Bonchev–Trinajstić information content (AvgIpc) is 2.28. The van der Waals surface area contributed by atoms with E-state index in [0.29, 0.717) is 0 Å². The Hall–Kier alpha value is -1.32. The number of hydrogen-bond acceptors (Lipinski definition) is 4. The molecule has 0 saturated carbocycles. The molecule has 1 aromatic rings. The first kappa shape index (κ1) is 13.7.